The van der Waals surface area contributed by atoms with E-state index in [0.29, 0.717) is 32.5 Å². The number of likely N-dealkylation sites (tertiary alicyclic amines) is 1. The van der Waals surface area contributed by atoms with Gasteiger partial charge in [0, 0.05) is 44.2 Å². The topological polar surface area (TPSA) is 86.9 Å². The van der Waals surface area contributed by atoms with E-state index < -0.39 is 15.6 Å². The number of piperidine rings is 2. The number of fused-ring (bicyclic) bond motifs is 1. The number of aliphatic hydroxyl groups is 1. The quantitative estimate of drug-likeness (QED) is 0.860. The molecule has 0 amide bonds. The van der Waals surface area contributed by atoms with Gasteiger partial charge in [-0.3, -0.25) is 4.90 Å². The first-order valence-corrected chi connectivity index (χ1v) is 9.85. The van der Waals surface area contributed by atoms with E-state index in [1.807, 2.05) is 13.8 Å². The van der Waals surface area contributed by atoms with Crippen LogP contribution < -0.4 is 0 Å². The van der Waals surface area contributed by atoms with Crippen molar-refractivity contribution in [1.29, 1.82) is 0 Å². The summed E-state index contributed by atoms with van der Waals surface area (Å²) >= 11 is 0. The molecule has 2 fully saturated rings. The molecule has 2 aliphatic heterocycles. The molecule has 0 radical (unpaired) electrons. The van der Waals surface area contributed by atoms with Crippen molar-refractivity contribution in [2.45, 2.75) is 38.8 Å². The lowest BCUT2D eigenvalue weighted by atomic mass is 9.76. The molecule has 8 heteroatoms. The number of hydrogen-bond acceptors (Lipinski definition) is 6. The molecular weight excluding hydrogens is 318 g/mol. The van der Waals surface area contributed by atoms with Crippen LogP contribution in [0.3, 0.4) is 0 Å². The third kappa shape index (κ3) is 3.31. The molecule has 1 aromatic heterocycles. The standard InChI is InChI=1S/C15H25N3O4S/c1-11-14(12(2)22-16-11)10-17-6-4-15(19)5-7-18(23(3,20)21)9-13(15)8-17/h13,19H,4-10H2,1-3H3/t13-,15-/m1/s1. The summed E-state index contributed by atoms with van der Waals surface area (Å²) in [7, 11) is -3.21. The van der Waals surface area contributed by atoms with Crippen molar-refractivity contribution in [2.75, 3.05) is 32.4 Å². The highest BCUT2D eigenvalue weighted by molar-refractivity contribution is 7.88. The molecule has 3 rings (SSSR count). The monoisotopic (exact) mass is 343 g/mol. The summed E-state index contributed by atoms with van der Waals surface area (Å²) in [4.78, 5) is 2.26. The van der Waals surface area contributed by atoms with E-state index in [4.69, 9.17) is 4.52 Å². The molecule has 0 spiro atoms. The van der Waals surface area contributed by atoms with Gasteiger partial charge in [0.25, 0.3) is 0 Å². The smallest absolute Gasteiger partial charge is 0.211 e. The van der Waals surface area contributed by atoms with E-state index in [1.165, 1.54) is 10.6 Å². The van der Waals surface area contributed by atoms with E-state index in [1.54, 1.807) is 0 Å². The Morgan fingerprint density at radius 3 is 2.61 bits per heavy atom. The summed E-state index contributed by atoms with van der Waals surface area (Å²) in [6, 6.07) is 0. The number of nitrogens with zero attached hydrogens (tertiary/aromatic N) is 3. The highest BCUT2D eigenvalue weighted by Crippen LogP contribution is 2.36. The molecule has 2 aliphatic rings. The second-order valence-electron chi connectivity index (χ2n) is 6.96. The van der Waals surface area contributed by atoms with Crippen LogP contribution in [0.4, 0.5) is 0 Å². The summed E-state index contributed by atoms with van der Waals surface area (Å²) in [5, 5.41) is 14.8. The van der Waals surface area contributed by atoms with E-state index in [0.717, 1.165) is 30.1 Å². The van der Waals surface area contributed by atoms with Gasteiger partial charge >= 0.3 is 0 Å². The van der Waals surface area contributed by atoms with Gasteiger partial charge in [-0.1, -0.05) is 5.16 Å². The number of aryl methyl sites for hydroxylation is 2. The first-order chi connectivity index (χ1) is 10.7. The largest absolute Gasteiger partial charge is 0.389 e. The van der Waals surface area contributed by atoms with Crippen molar-refractivity contribution < 1.29 is 18.0 Å². The summed E-state index contributed by atoms with van der Waals surface area (Å²) < 4.78 is 30.3. The Bertz CT molecular complexity index is 667. The van der Waals surface area contributed by atoms with Crippen LogP contribution in [0.5, 0.6) is 0 Å². The fourth-order valence-electron chi connectivity index (χ4n) is 3.74. The Labute approximate surface area is 137 Å². The Hall–Kier alpha value is -0.960. The van der Waals surface area contributed by atoms with Crippen LogP contribution in [-0.4, -0.2) is 65.9 Å². The Morgan fingerprint density at radius 1 is 1.30 bits per heavy atom. The maximum absolute atomic E-state index is 11.8. The van der Waals surface area contributed by atoms with E-state index >= 15 is 0 Å². The van der Waals surface area contributed by atoms with Crippen LogP contribution in [0.1, 0.15) is 29.9 Å². The molecule has 130 valence electrons. The van der Waals surface area contributed by atoms with Crippen molar-refractivity contribution in [1.82, 2.24) is 14.4 Å². The lowest BCUT2D eigenvalue weighted by Crippen LogP contribution is -2.60. The number of sulfonamides is 1. The number of hydrogen-bond donors (Lipinski definition) is 1. The minimum Gasteiger partial charge on any atom is -0.389 e. The second-order valence-corrected chi connectivity index (χ2v) is 8.94. The molecule has 1 aromatic rings. The van der Waals surface area contributed by atoms with Gasteiger partial charge < -0.3 is 9.63 Å². The normalized spacial score (nSPS) is 30.3. The molecule has 7 nitrogen and oxygen atoms in total. The highest BCUT2D eigenvalue weighted by atomic mass is 32.2. The van der Waals surface area contributed by atoms with Crippen LogP contribution >= 0.6 is 0 Å². The lowest BCUT2D eigenvalue weighted by Gasteiger charge is -2.49. The zero-order chi connectivity index (χ0) is 16.8. The predicted molar refractivity (Wildman–Crippen MR) is 85.3 cm³/mol. The fourth-order valence-corrected chi connectivity index (χ4v) is 4.61. The van der Waals surface area contributed by atoms with Crippen molar-refractivity contribution in [3.8, 4) is 0 Å². The van der Waals surface area contributed by atoms with Crippen LogP contribution in [0, 0.1) is 19.8 Å². The number of aromatic nitrogens is 1. The molecule has 0 aromatic carbocycles. The van der Waals surface area contributed by atoms with Gasteiger partial charge in [-0.15, -0.1) is 0 Å². The van der Waals surface area contributed by atoms with Crippen molar-refractivity contribution in [2.24, 2.45) is 5.92 Å². The third-order valence-electron chi connectivity index (χ3n) is 5.35. The zero-order valence-corrected chi connectivity index (χ0v) is 14.8. The van der Waals surface area contributed by atoms with Gasteiger partial charge in [-0.2, -0.15) is 0 Å². The maximum atomic E-state index is 11.8. The van der Waals surface area contributed by atoms with E-state index in [-0.39, 0.29) is 5.92 Å². The molecule has 0 saturated carbocycles. The van der Waals surface area contributed by atoms with Crippen LogP contribution in [0.15, 0.2) is 4.52 Å². The average molecular weight is 343 g/mol. The van der Waals surface area contributed by atoms with E-state index in [2.05, 4.69) is 10.1 Å². The Balaban J connectivity index is 1.72. The minimum atomic E-state index is -3.21. The predicted octanol–water partition coefficient (Wildman–Crippen LogP) is 0.510. The van der Waals surface area contributed by atoms with Crippen molar-refractivity contribution >= 4 is 10.0 Å². The van der Waals surface area contributed by atoms with Gasteiger partial charge in [0.2, 0.25) is 10.0 Å². The average Bonchev–Trinajstić information content (AvgIpc) is 2.78. The molecule has 2 saturated heterocycles. The zero-order valence-electron chi connectivity index (χ0n) is 13.9. The summed E-state index contributed by atoms with van der Waals surface area (Å²) in [6.45, 7) is 6.86. The highest BCUT2D eigenvalue weighted by Gasteiger charge is 2.46. The first kappa shape index (κ1) is 16.9. The van der Waals surface area contributed by atoms with E-state index in [9.17, 15) is 13.5 Å². The van der Waals surface area contributed by atoms with Gasteiger partial charge in [-0.25, -0.2) is 12.7 Å². The molecule has 23 heavy (non-hydrogen) atoms. The first-order valence-electron chi connectivity index (χ1n) is 8.01. The molecule has 0 aliphatic carbocycles. The van der Waals surface area contributed by atoms with Crippen molar-refractivity contribution in [3.05, 3.63) is 17.0 Å². The molecule has 3 heterocycles. The fraction of sp³-hybridized carbons (Fsp3) is 0.800. The van der Waals surface area contributed by atoms with Gasteiger partial charge in [-0.05, 0) is 26.7 Å². The second kappa shape index (κ2) is 5.84. The third-order valence-corrected chi connectivity index (χ3v) is 6.62. The summed E-state index contributed by atoms with van der Waals surface area (Å²) in [5.41, 5.74) is 1.24. The molecule has 0 bridgehead atoms. The minimum absolute atomic E-state index is 0.0554. The molecular formula is C15H25N3O4S. The molecule has 0 unspecified atom stereocenters. The van der Waals surface area contributed by atoms with Crippen molar-refractivity contribution in [3.63, 3.8) is 0 Å². The Morgan fingerprint density at radius 2 is 2.00 bits per heavy atom. The van der Waals surface area contributed by atoms with Crippen LogP contribution in [-0.2, 0) is 16.6 Å². The Kier molecular flexibility index (Phi) is 4.29. The van der Waals surface area contributed by atoms with Gasteiger partial charge in [0.1, 0.15) is 5.76 Å². The molecule has 1 N–H and O–H groups in total. The summed E-state index contributed by atoms with van der Waals surface area (Å²) in [6.07, 6.45) is 2.43. The van der Waals surface area contributed by atoms with Crippen LogP contribution in [0.2, 0.25) is 0 Å². The van der Waals surface area contributed by atoms with Crippen LogP contribution in [0.25, 0.3) is 0 Å². The summed E-state index contributed by atoms with van der Waals surface area (Å²) in [5.74, 6) is 0.768. The maximum Gasteiger partial charge on any atom is 0.211 e. The number of rotatable bonds is 3. The van der Waals surface area contributed by atoms with Gasteiger partial charge in [0.15, 0.2) is 0 Å². The van der Waals surface area contributed by atoms with Gasteiger partial charge in [0.05, 0.1) is 17.6 Å². The molecule has 2 atom stereocenters. The SMILES string of the molecule is Cc1noc(C)c1CN1CC[C@@]2(O)CCN(S(C)(=O)=O)C[C@H]2C1. The lowest BCUT2D eigenvalue weighted by molar-refractivity contribution is -0.103.